The summed E-state index contributed by atoms with van der Waals surface area (Å²) in [5.41, 5.74) is 1.82. The van der Waals surface area contributed by atoms with Gasteiger partial charge in [0, 0.05) is 29.8 Å². The van der Waals surface area contributed by atoms with E-state index in [-0.39, 0.29) is 19.1 Å². The van der Waals surface area contributed by atoms with Gasteiger partial charge >= 0.3 is 0 Å². The number of amides is 1. The first-order chi connectivity index (χ1) is 13.7. The summed E-state index contributed by atoms with van der Waals surface area (Å²) in [4.78, 5) is 13.3. The van der Waals surface area contributed by atoms with E-state index >= 15 is 0 Å². The second-order valence-electron chi connectivity index (χ2n) is 6.20. The van der Waals surface area contributed by atoms with Gasteiger partial charge in [-0.1, -0.05) is 12.1 Å². The monoisotopic (exact) mass is 397 g/mol. The van der Waals surface area contributed by atoms with Crippen LogP contribution in [0.4, 0.5) is 0 Å². The number of ether oxygens (including phenoxy) is 2. The van der Waals surface area contributed by atoms with Gasteiger partial charge in [-0.3, -0.25) is 4.79 Å². The molecule has 0 fully saturated rings. The topological polar surface area (TPSA) is 86.5 Å². The van der Waals surface area contributed by atoms with E-state index in [1.54, 1.807) is 23.9 Å². The molecule has 7 nitrogen and oxygen atoms in total. The largest absolute Gasteiger partial charge is 0.454 e. The Morgan fingerprint density at radius 1 is 1.14 bits per heavy atom. The quantitative estimate of drug-likeness (QED) is 0.611. The third kappa shape index (κ3) is 4.28. The fourth-order valence-electron chi connectivity index (χ4n) is 2.79. The van der Waals surface area contributed by atoms with Crippen LogP contribution in [0.25, 0.3) is 11.5 Å². The van der Waals surface area contributed by atoms with Crippen molar-refractivity contribution in [2.45, 2.75) is 24.3 Å². The molecule has 0 bridgehead atoms. The predicted molar refractivity (Wildman–Crippen MR) is 104 cm³/mol. The molecule has 144 valence electrons. The van der Waals surface area contributed by atoms with Crippen LogP contribution in [-0.4, -0.2) is 29.2 Å². The molecule has 1 aliphatic heterocycles. The molecule has 1 aromatic heterocycles. The Labute approximate surface area is 166 Å². The Balaban J connectivity index is 1.30. The maximum absolute atomic E-state index is 12.1. The highest BCUT2D eigenvalue weighted by Crippen LogP contribution is 2.35. The molecule has 3 aromatic rings. The van der Waals surface area contributed by atoms with Crippen molar-refractivity contribution < 1.29 is 18.7 Å². The van der Waals surface area contributed by atoms with Gasteiger partial charge in [0.05, 0.1) is 0 Å². The molecule has 0 saturated carbocycles. The minimum Gasteiger partial charge on any atom is -0.454 e. The van der Waals surface area contributed by atoms with E-state index in [0.717, 1.165) is 11.1 Å². The molecule has 0 radical (unpaired) electrons. The second-order valence-corrected chi connectivity index (χ2v) is 7.08. The number of rotatable bonds is 7. The lowest BCUT2D eigenvalue weighted by molar-refractivity contribution is -0.121. The van der Waals surface area contributed by atoms with Crippen LogP contribution in [0.5, 0.6) is 11.5 Å². The molecule has 1 N–H and O–H groups in total. The first-order valence-corrected chi connectivity index (χ1v) is 10.1. The first-order valence-electron chi connectivity index (χ1n) is 8.83. The summed E-state index contributed by atoms with van der Waals surface area (Å²) >= 11 is 1.68. The van der Waals surface area contributed by atoms with Gasteiger partial charge in [0.2, 0.25) is 24.5 Å². The number of carbonyl (C=O) groups excluding carboxylic acids is 1. The molecule has 1 aliphatic rings. The zero-order chi connectivity index (χ0) is 19.3. The number of aromatic nitrogens is 2. The molecule has 2 aromatic carbocycles. The van der Waals surface area contributed by atoms with Crippen molar-refractivity contribution in [2.24, 2.45) is 0 Å². The zero-order valence-electron chi connectivity index (χ0n) is 15.3. The van der Waals surface area contributed by atoms with Crippen LogP contribution < -0.4 is 14.8 Å². The molecule has 0 atom stereocenters. The van der Waals surface area contributed by atoms with Gasteiger partial charge in [-0.05, 0) is 42.2 Å². The minimum atomic E-state index is -0.0580. The maximum atomic E-state index is 12.1. The lowest BCUT2D eigenvalue weighted by Crippen LogP contribution is -2.23. The van der Waals surface area contributed by atoms with Crippen molar-refractivity contribution in [1.29, 1.82) is 0 Å². The molecular weight excluding hydrogens is 378 g/mol. The van der Waals surface area contributed by atoms with Gasteiger partial charge in [-0.25, -0.2) is 0 Å². The van der Waals surface area contributed by atoms with Gasteiger partial charge < -0.3 is 19.2 Å². The van der Waals surface area contributed by atoms with Gasteiger partial charge in [-0.15, -0.1) is 22.0 Å². The summed E-state index contributed by atoms with van der Waals surface area (Å²) in [5, 5.41) is 11.0. The SMILES string of the molecule is CSc1cccc(CNC(=O)CCc2nnc(-c3ccc4c(c3)OCO4)o2)c1. The normalized spacial score (nSPS) is 12.2. The van der Waals surface area contributed by atoms with Gasteiger partial charge in [0.1, 0.15) is 0 Å². The Kier molecular flexibility index (Phi) is 5.48. The number of carbonyl (C=O) groups is 1. The smallest absolute Gasteiger partial charge is 0.247 e. The highest BCUT2D eigenvalue weighted by molar-refractivity contribution is 7.98. The van der Waals surface area contributed by atoms with E-state index in [4.69, 9.17) is 13.9 Å². The van der Waals surface area contributed by atoms with Crippen molar-refractivity contribution in [3.63, 3.8) is 0 Å². The second kappa shape index (κ2) is 8.35. The van der Waals surface area contributed by atoms with Crippen molar-refractivity contribution >= 4 is 17.7 Å². The summed E-state index contributed by atoms with van der Waals surface area (Å²) in [6.45, 7) is 0.712. The third-order valence-corrected chi connectivity index (χ3v) is 5.00. The van der Waals surface area contributed by atoms with Crippen LogP contribution in [0.15, 0.2) is 51.8 Å². The van der Waals surface area contributed by atoms with Crippen LogP contribution in [0.1, 0.15) is 17.9 Å². The third-order valence-electron chi connectivity index (χ3n) is 4.28. The Bertz CT molecular complexity index is 989. The Morgan fingerprint density at radius 2 is 2.04 bits per heavy atom. The van der Waals surface area contributed by atoms with Crippen LogP contribution in [0, 0.1) is 0 Å². The van der Waals surface area contributed by atoms with E-state index in [2.05, 4.69) is 21.6 Å². The molecule has 0 spiro atoms. The minimum absolute atomic E-state index is 0.0580. The van der Waals surface area contributed by atoms with Crippen molar-refractivity contribution in [3.05, 3.63) is 53.9 Å². The fourth-order valence-corrected chi connectivity index (χ4v) is 3.28. The zero-order valence-corrected chi connectivity index (χ0v) is 16.1. The summed E-state index contributed by atoms with van der Waals surface area (Å²) in [6, 6.07) is 13.5. The summed E-state index contributed by atoms with van der Waals surface area (Å²) in [6.07, 6.45) is 2.69. The van der Waals surface area contributed by atoms with Crippen LogP contribution >= 0.6 is 11.8 Å². The maximum Gasteiger partial charge on any atom is 0.247 e. The number of hydrogen-bond acceptors (Lipinski definition) is 7. The molecule has 8 heteroatoms. The average molecular weight is 397 g/mol. The van der Waals surface area contributed by atoms with E-state index < -0.39 is 0 Å². The number of nitrogens with one attached hydrogen (secondary N) is 1. The standard InChI is InChI=1S/C20H19N3O4S/c1-28-15-4-2-3-13(9-15)11-21-18(24)7-8-19-22-23-20(27-19)14-5-6-16-17(10-14)26-12-25-16/h2-6,9-10H,7-8,11-12H2,1H3,(H,21,24). The highest BCUT2D eigenvalue weighted by atomic mass is 32.2. The van der Waals surface area contributed by atoms with Crippen LogP contribution in [0.3, 0.4) is 0 Å². The number of hydrogen-bond donors (Lipinski definition) is 1. The van der Waals surface area contributed by atoms with E-state index in [0.29, 0.717) is 36.2 Å². The molecule has 1 amide bonds. The molecule has 0 saturated heterocycles. The predicted octanol–water partition coefficient (Wildman–Crippen LogP) is 3.44. The summed E-state index contributed by atoms with van der Waals surface area (Å²) in [7, 11) is 0. The molecule has 0 aliphatic carbocycles. The van der Waals surface area contributed by atoms with Crippen LogP contribution in [-0.2, 0) is 17.8 Å². The van der Waals surface area contributed by atoms with Crippen molar-refractivity contribution in [2.75, 3.05) is 13.0 Å². The highest BCUT2D eigenvalue weighted by Gasteiger charge is 2.17. The first kappa shape index (κ1) is 18.4. The van der Waals surface area contributed by atoms with Gasteiger partial charge in [-0.2, -0.15) is 0 Å². The number of benzene rings is 2. The van der Waals surface area contributed by atoms with E-state index in [1.807, 2.05) is 30.5 Å². The average Bonchev–Trinajstić information content (AvgIpc) is 3.39. The molecule has 0 unspecified atom stereocenters. The number of nitrogens with zero attached hydrogens (tertiary/aromatic N) is 2. The lowest BCUT2D eigenvalue weighted by atomic mass is 10.2. The number of aryl methyl sites for hydroxylation is 1. The van der Waals surface area contributed by atoms with Crippen LogP contribution in [0.2, 0.25) is 0 Å². The molecule has 2 heterocycles. The molecular formula is C20H19N3O4S. The number of thioether (sulfide) groups is 1. The molecule has 28 heavy (non-hydrogen) atoms. The Morgan fingerprint density at radius 3 is 2.93 bits per heavy atom. The van der Waals surface area contributed by atoms with Crippen molar-refractivity contribution in [1.82, 2.24) is 15.5 Å². The Hall–Kier alpha value is -3.00. The summed E-state index contributed by atoms with van der Waals surface area (Å²) in [5.74, 6) is 2.11. The molecule has 4 rings (SSSR count). The van der Waals surface area contributed by atoms with Crippen molar-refractivity contribution in [3.8, 4) is 23.0 Å². The number of fused-ring (bicyclic) bond motifs is 1. The van der Waals surface area contributed by atoms with Gasteiger partial charge in [0.15, 0.2) is 11.5 Å². The van der Waals surface area contributed by atoms with E-state index in [1.165, 1.54) is 4.90 Å². The van der Waals surface area contributed by atoms with E-state index in [9.17, 15) is 4.79 Å². The summed E-state index contributed by atoms with van der Waals surface area (Å²) < 4.78 is 16.3. The fraction of sp³-hybridized carbons (Fsp3) is 0.250. The van der Waals surface area contributed by atoms with Gasteiger partial charge in [0.25, 0.3) is 0 Å². The lowest BCUT2D eigenvalue weighted by Gasteiger charge is -2.05.